The summed E-state index contributed by atoms with van der Waals surface area (Å²) in [5.41, 5.74) is 7.88. The molecule has 3 amide bonds. The van der Waals surface area contributed by atoms with Crippen molar-refractivity contribution in [2.75, 3.05) is 39.3 Å². The third kappa shape index (κ3) is 13.5. The highest BCUT2D eigenvalue weighted by Gasteiger charge is 2.57. The summed E-state index contributed by atoms with van der Waals surface area (Å²) >= 11 is 0. The number of fused-ring (bicyclic) bond motifs is 2. The van der Waals surface area contributed by atoms with Crippen molar-refractivity contribution in [2.24, 2.45) is 4.99 Å². The summed E-state index contributed by atoms with van der Waals surface area (Å²) < 4.78 is 24.8. The van der Waals surface area contributed by atoms with E-state index >= 15 is 0 Å². The van der Waals surface area contributed by atoms with Crippen LogP contribution in [0, 0.1) is 0 Å². The number of nitrogens with zero attached hydrogens (tertiary/aromatic N) is 6. The van der Waals surface area contributed by atoms with Gasteiger partial charge in [-0.15, -0.1) is 0 Å². The van der Waals surface area contributed by atoms with E-state index < -0.39 is 28.1 Å². The van der Waals surface area contributed by atoms with Crippen molar-refractivity contribution in [3.63, 3.8) is 0 Å². The molecule has 0 bridgehead atoms. The maximum absolute atomic E-state index is 13.5. The van der Waals surface area contributed by atoms with Gasteiger partial charge >= 0.3 is 20.7 Å². The van der Waals surface area contributed by atoms with E-state index in [0.29, 0.717) is 39.4 Å². The number of aliphatic imine (C=N–C) groups is 1. The average Bonchev–Trinajstić information content (AvgIpc) is 3.65. The highest BCUT2D eigenvalue weighted by Crippen LogP contribution is 2.38. The van der Waals surface area contributed by atoms with E-state index in [9.17, 15) is 14.4 Å². The van der Waals surface area contributed by atoms with Gasteiger partial charge in [0, 0.05) is 57.4 Å². The van der Waals surface area contributed by atoms with Crippen LogP contribution in [0.5, 0.6) is 0 Å². The lowest BCUT2D eigenvalue weighted by atomic mass is 9.99. The van der Waals surface area contributed by atoms with Crippen molar-refractivity contribution in [3.05, 3.63) is 71.8 Å². The molecule has 376 valence electrons. The number of carbonyl (C=O) groups excluding carboxylic acids is 3. The SMILES string of the molecule is CC(C)(C)OC(=O)N1CCC(N2C(=O)[C@@H]3CC[C@@H](NOCc4ccccc4)CN3[Si]2(C)C)CC1.CC(C)(C)OC(=O)N1CCC(N=C2O[Si](C)(C)N3C[C@H](NOCc4ccccc4)CC[C@@H]23)CC1. The molecule has 2 N–H and O–H groups in total. The highest BCUT2D eigenvalue weighted by molar-refractivity contribution is 6.76. The van der Waals surface area contributed by atoms with Gasteiger partial charge in [0.1, 0.15) is 11.2 Å². The molecule has 6 saturated heterocycles. The first-order valence-electron chi connectivity index (χ1n) is 25.1. The largest absolute Gasteiger partial charge is 0.519 e. The minimum absolute atomic E-state index is 0.0160. The number of nitrogens with one attached hydrogen (secondary N) is 2. The van der Waals surface area contributed by atoms with Crippen LogP contribution in [0.15, 0.2) is 65.7 Å². The zero-order chi connectivity index (χ0) is 48.9. The third-order valence-electron chi connectivity index (χ3n) is 13.9. The fraction of sp³-hybridized carbons (Fsp3) is 0.680. The summed E-state index contributed by atoms with van der Waals surface area (Å²) in [6.45, 7) is 25.9. The number of likely N-dealkylation sites (tertiary alicyclic amines) is 2. The number of hydrogen-bond acceptors (Lipinski definition) is 13. The van der Waals surface area contributed by atoms with Gasteiger partial charge in [-0.1, -0.05) is 60.7 Å². The van der Waals surface area contributed by atoms with E-state index in [-0.39, 0.29) is 54.3 Å². The number of piperidine rings is 4. The fourth-order valence-electron chi connectivity index (χ4n) is 10.5. The minimum atomic E-state index is -2.13. The Morgan fingerprint density at radius 1 is 0.647 bits per heavy atom. The molecule has 68 heavy (non-hydrogen) atoms. The molecule has 0 radical (unpaired) electrons. The van der Waals surface area contributed by atoms with Crippen LogP contribution in [0.4, 0.5) is 9.59 Å². The molecule has 0 saturated carbocycles. The summed E-state index contributed by atoms with van der Waals surface area (Å²) in [5, 5.41) is 0. The molecule has 0 unspecified atom stereocenters. The van der Waals surface area contributed by atoms with Crippen molar-refractivity contribution in [3.8, 4) is 0 Å². The van der Waals surface area contributed by atoms with Crippen LogP contribution in [0.2, 0.25) is 26.2 Å². The predicted octanol–water partition coefficient (Wildman–Crippen LogP) is 7.56. The molecule has 0 aromatic heterocycles. The standard InChI is InChI=1S/2C25H40N4O4Si/c1-25(2,3)32-24(30)28-15-13-20(14-16-28)26-23-22-12-11-21(17-29(22)34(4,5)33-23)27-31-18-19-9-7-6-8-10-19;1-25(2,3)33-24(31)27-15-13-21(14-16-27)29-23(30)22-12-11-20(17-28(22)34(29,4)5)26-32-18-19-9-7-6-8-10-19/h6-10,20-22,27H,11-18H2,1-5H3;6-10,20-22,26H,11-18H2,1-5H3/t21-,22+;20-,22+/m11/s1. The lowest BCUT2D eigenvalue weighted by Crippen LogP contribution is -2.63. The Morgan fingerprint density at radius 3 is 1.59 bits per heavy atom. The highest BCUT2D eigenvalue weighted by atomic mass is 28.4. The summed E-state index contributed by atoms with van der Waals surface area (Å²) in [4.78, 5) is 58.6. The number of rotatable bonds is 10. The molecule has 18 heteroatoms. The summed E-state index contributed by atoms with van der Waals surface area (Å²) in [6.07, 6.45) is 6.65. The van der Waals surface area contributed by atoms with Crippen molar-refractivity contribution < 1.29 is 38.0 Å². The monoisotopic (exact) mass is 977 g/mol. The van der Waals surface area contributed by atoms with E-state index in [2.05, 4.69) is 75.1 Å². The number of benzene rings is 2. The Hall–Kier alpha value is -3.89. The van der Waals surface area contributed by atoms with Crippen LogP contribution < -0.4 is 11.0 Å². The first-order valence-corrected chi connectivity index (χ1v) is 30.8. The normalized spacial score (nSPS) is 26.4. The summed E-state index contributed by atoms with van der Waals surface area (Å²) in [6, 6.07) is 21.5. The van der Waals surface area contributed by atoms with Crippen LogP contribution in [-0.2, 0) is 41.6 Å². The van der Waals surface area contributed by atoms with Crippen LogP contribution in [0.25, 0.3) is 0 Å². The Morgan fingerprint density at radius 2 is 1.10 bits per heavy atom. The molecule has 2 aromatic rings. The lowest BCUT2D eigenvalue weighted by molar-refractivity contribution is -0.131. The molecule has 2 aromatic carbocycles. The molecule has 16 nitrogen and oxygen atoms in total. The van der Waals surface area contributed by atoms with Crippen LogP contribution in [0.3, 0.4) is 0 Å². The van der Waals surface area contributed by atoms with Crippen LogP contribution in [-0.4, -0.2) is 151 Å². The second-order valence-electron chi connectivity index (χ2n) is 22.3. The smallest absolute Gasteiger partial charge is 0.410 e. The quantitative estimate of drug-likeness (QED) is 0.179. The first-order chi connectivity index (χ1) is 32.2. The Bertz CT molecular complexity index is 2020. The second kappa shape index (κ2) is 22.0. The van der Waals surface area contributed by atoms with Gasteiger partial charge in [-0.2, -0.15) is 11.0 Å². The molecule has 0 aliphatic carbocycles. The number of ether oxygens (including phenoxy) is 2. The van der Waals surface area contributed by atoms with Gasteiger partial charge in [0.05, 0.1) is 31.3 Å². The summed E-state index contributed by atoms with van der Waals surface area (Å²) in [5.74, 6) is 1.20. The topological polar surface area (TPSA) is 150 Å². The van der Waals surface area contributed by atoms with Crippen LogP contribution >= 0.6 is 0 Å². The number of amides is 3. The molecule has 6 aliphatic heterocycles. The van der Waals surface area contributed by atoms with Gasteiger partial charge in [0.15, 0.2) is 5.90 Å². The van der Waals surface area contributed by atoms with E-state index in [1.165, 1.54) is 0 Å². The predicted molar refractivity (Wildman–Crippen MR) is 268 cm³/mol. The van der Waals surface area contributed by atoms with Crippen molar-refractivity contribution in [2.45, 2.75) is 180 Å². The molecule has 8 rings (SSSR count). The van der Waals surface area contributed by atoms with Gasteiger partial charge in [-0.05, 0) is 130 Å². The van der Waals surface area contributed by atoms with Crippen LogP contribution in [0.1, 0.15) is 104 Å². The molecular formula is C50H80N8O8Si2. The Balaban J connectivity index is 0.000000201. The number of hydroxylamine groups is 2. The average molecular weight is 977 g/mol. The van der Waals surface area contributed by atoms with Gasteiger partial charge in [0.25, 0.3) is 0 Å². The Kier molecular flexibility index (Phi) is 16.8. The minimum Gasteiger partial charge on any atom is -0.519 e. The summed E-state index contributed by atoms with van der Waals surface area (Å²) in [7, 11) is -4.16. The third-order valence-corrected chi connectivity index (χ3v) is 20.1. The van der Waals surface area contributed by atoms with E-state index in [4.69, 9.17) is 28.6 Å². The van der Waals surface area contributed by atoms with Gasteiger partial charge < -0.3 is 28.3 Å². The van der Waals surface area contributed by atoms with Crippen molar-refractivity contribution >= 4 is 40.9 Å². The molecule has 6 fully saturated rings. The number of carbonyl (C=O) groups is 3. The van der Waals surface area contributed by atoms with Crippen molar-refractivity contribution in [1.82, 2.24) is 34.5 Å². The number of hydrogen-bond donors (Lipinski definition) is 2. The van der Waals surface area contributed by atoms with Gasteiger partial charge in [-0.3, -0.25) is 28.6 Å². The second-order valence-corrected chi connectivity index (χ2v) is 30.0. The zero-order valence-electron chi connectivity index (χ0n) is 42.5. The fourth-order valence-corrected chi connectivity index (χ4v) is 16.7. The first kappa shape index (κ1) is 52.0. The van der Waals surface area contributed by atoms with Gasteiger partial charge in [-0.25, -0.2) is 9.59 Å². The maximum Gasteiger partial charge on any atom is 0.410 e. The van der Waals surface area contributed by atoms with E-state index in [0.717, 1.165) is 81.5 Å². The van der Waals surface area contributed by atoms with Crippen molar-refractivity contribution in [1.29, 1.82) is 0 Å². The molecule has 4 atom stereocenters. The van der Waals surface area contributed by atoms with E-state index in [1.807, 2.05) is 77.9 Å². The maximum atomic E-state index is 13.5. The lowest BCUT2D eigenvalue weighted by Gasteiger charge is -2.45. The Labute approximate surface area is 407 Å². The molecular weight excluding hydrogens is 897 g/mol. The molecule has 0 spiro atoms. The molecule has 6 heterocycles. The zero-order valence-corrected chi connectivity index (χ0v) is 44.5. The van der Waals surface area contributed by atoms with E-state index in [1.54, 1.807) is 9.80 Å². The van der Waals surface area contributed by atoms with Gasteiger partial charge in [0.2, 0.25) is 14.3 Å². The molecule has 6 aliphatic rings.